The predicted octanol–water partition coefficient (Wildman–Crippen LogP) is 6.69. The maximum atomic E-state index is 14.4. The molecule has 0 radical (unpaired) electrons. The molecule has 1 unspecified atom stereocenters. The molecule has 0 bridgehead atoms. The molecule has 20 heteroatoms. The number of likely N-dealkylation sites (tertiary alicyclic amines) is 1. The van der Waals surface area contributed by atoms with Crippen LogP contribution < -0.4 is 15.0 Å². The first-order valence-corrected chi connectivity index (χ1v) is 21.2. The van der Waals surface area contributed by atoms with Crippen LogP contribution in [0.3, 0.4) is 0 Å². The van der Waals surface area contributed by atoms with Gasteiger partial charge in [0.2, 0.25) is 11.8 Å². The summed E-state index contributed by atoms with van der Waals surface area (Å²) in [5, 5.41) is 10.1. The molecule has 3 fully saturated rings. The summed E-state index contributed by atoms with van der Waals surface area (Å²) < 4.78 is 84.6. The second kappa shape index (κ2) is 18.9. The lowest BCUT2D eigenvalue weighted by atomic mass is 10.0. The summed E-state index contributed by atoms with van der Waals surface area (Å²) in [6.45, 7) is 0.438. The Hall–Kier alpha value is -6.54. The molecule has 15 nitrogen and oxygen atoms in total. The van der Waals surface area contributed by atoms with E-state index in [-0.39, 0.29) is 78.2 Å². The fourth-order valence-corrected chi connectivity index (χ4v) is 8.94. The summed E-state index contributed by atoms with van der Waals surface area (Å²) >= 11 is 0. The Morgan fingerprint density at radius 3 is 2.32 bits per heavy atom. The minimum atomic E-state index is -4.70. The van der Waals surface area contributed by atoms with E-state index in [9.17, 15) is 41.1 Å². The maximum Gasteiger partial charge on any atom is 0.419 e. The van der Waals surface area contributed by atoms with Crippen LogP contribution in [-0.2, 0) is 25.3 Å². The van der Waals surface area contributed by atoms with Crippen molar-refractivity contribution < 1.29 is 60.5 Å². The van der Waals surface area contributed by atoms with E-state index in [1.165, 1.54) is 42.9 Å². The first-order chi connectivity index (χ1) is 31.2. The summed E-state index contributed by atoms with van der Waals surface area (Å²) in [7, 11) is 0. The van der Waals surface area contributed by atoms with E-state index in [1.807, 2.05) is 0 Å². The molecule has 1 atom stereocenters. The molecule has 0 saturated carbocycles. The molecule has 3 aromatic heterocycles. The topological polar surface area (TPSA) is 176 Å². The van der Waals surface area contributed by atoms with Gasteiger partial charge in [0.1, 0.15) is 17.6 Å². The molecule has 4 amide bonds. The number of amides is 4. The van der Waals surface area contributed by atoms with E-state index in [4.69, 9.17) is 19.4 Å². The van der Waals surface area contributed by atoms with Crippen molar-refractivity contribution in [3.8, 4) is 16.9 Å². The molecule has 7 heterocycles. The number of rotatable bonds is 13. The van der Waals surface area contributed by atoms with Crippen molar-refractivity contribution in [2.75, 3.05) is 44.2 Å². The van der Waals surface area contributed by atoms with Crippen LogP contribution in [-0.4, -0.2) is 117 Å². The van der Waals surface area contributed by atoms with E-state index < -0.39 is 48.0 Å². The van der Waals surface area contributed by atoms with Gasteiger partial charge in [-0.25, -0.2) is 4.98 Å². The number of nitrogens with zero attached hydrogens (tertiary/aromatic N) is 6. The highest BCUT2D eigenvalue weighted by Gasteiger charge is 2.45. The van der Waals surface area contributed by atoms with Crippen molar-refractivity contribution in [3.05, 3.63) is 83.8 Å². The normalized spacial score (nSPS) is 18.5. The van der Waals surface area contributed by atoms with E-state index in [0.29, 0.717) is 28.7 Å². The molecule has 5 aromatic rings. The minimum Gasteiger partial charge on any atom is -0.494 e. The number of anilines is 1. The van der Waals surface area contributed by atoms with Gasteiger partial charge in [-0.05, 0) is 87.0 Å². The first-order valence-electron chi connectivity index (χ1n) is 21.2. The van der Waals surface area contributed by atoms with Crippen LogP contribution in [0.4, 0.5) is 27.8 Å². The van der Waals surface area contributed by atoms with Crippen LogP contribution in [0.1, 0.15) is 77.8 Å². The van der Waals surface area contributed by atoms with Crippen molar-refractivity contribution >= 4 is 57.7 Å². The number of hydrogen-bond acceptors (Lipinski definition) is 11. The second-order valence-electron chi connectivity index (χ2n) is 16.2. The van der Waals surface area contributed by atoms with Gasteiger partial charge >= 0.3 is 12.7 Å². The number of carbonyl (C=O) groups excluding carboxylic acids is 4. The highest BCUT2D eigenvalue weighted by Crippen LogP contribution is 2.41. The number of fused-ring (bicyclic) bond motifs is 4. The summed E-state index contributed by atoms with van der Waals surface area (Å²) in [4.78, 5) is 71.4. The van der Waals surface area contributed by atoms with Gasteiger partial charge in [-0.15, -0.1) is 0 Å². The Balaban J connectivity index is 0.00000187. The van der Waals surface area contributed by atoms with Crippen LogP contribution >= 0.6 is 0 Å². The van der Waals surface area contributed by atoms with Crippen LogP contribution in [0.2, 0.25) is 0 Å². The van der Waals surface area contributed by atoms with Gasteiger partial charge in [0.15, 0.2) is 0 Å². The van der Waals surface area contributed by atoms with Crippen LogP contribution in [0.25, 0.3) is 32.9 Å². The van der Waals surface area contributed by atoms with Crippen LogP contribution in [0.5, 0.6) is 5.75 Å². The number of pyridine rings is 2. The molecule has 2 N–H and O–H groups in total. The quantitative estimate of drug-likeness (QED) is 0.0555. The Morgan fingerprint density at radius 1 is 0.846 bits per heavy atom. The molecule has 2 aromatic carbocycles. The van der Waals surface area contributed by atoms with Crippen LogP contribution in [0, 0.1) is 0 Å². The molecular weight excluding hydrogens is 862 g/mol. The van der Waals surface area contributed by atoms with Gasteiger partial charge < -0.3 is 24.4 Å². The molecule has 9 rings (SSSR count). The number of carbonyl (C=O) groups is 5. The minimum absolute atomic E-state index is 0.00403. The number of piperidine rings is 2. The highest BCUT2D eigenvalue weighted by atomic mass is 19.4. The molecule has 4 aliphatic heterocycles. The molecule has 3 saturated heterocycles. The average molecular weight is 906 g/mol. The van der Waals surface area contributed by atoms with Gasteiger partial charge in [-0.2, -0.15) is 22.0 Å². The lowest BCUT2D eigenvalue weighted by Gasteiger charge is -2.43. The number of ether oxygens (including phenoxy) is 2. The summed E-state index contributed by atoms with van der Waals surface area (Å²) in [5.74, 6) is -1.98. The fourth-order valence-electron chi connectivity index (χ4n) is 8.94. The van der Waals surface area contributed by atoms with Gasteiger partial charge in [0.05, 0.1) is 46.5 Å². The lowest BCUT2D eigenvalue weighted by Crippen LogP contribution is -2.55. The number of imide groups is 2. The smallest absolute Gasteiger partial charge is 0.419 e. The average Bonchev–Trinajstić information content (AvgIpc) is 3.73. The zero-order chi connectivity index (χ0) is 46.0. The zero-order valence-corrected chi connectivity index (χ0v) is 34.8. The molecule has 65 heavy (non-hydrogen) atoms. The Kier molecular flexibility index (Phi) is 13.1. The van der Waals surface area contributed by atoms with E-state index in [0.717, 1.165) is 67.3 Å². The molecule has 0 spiro atoms. The Morgan fingerprint density at radius 2 is 1.60 bits per heavy atom. The van der Waals surface area contributed by atoms with E-state index in [1.54, 1.807) is 23.1 Å². The van der Waals surface area contributed by atoms with Crippen molar-refractivity contribution in [1.29, 1.82) is 0 Å². The monoisotopic (exact) mass is 905 g/mol. The number of nitrogens with one attached hydrogen (secondary N) is 1. The standard InChI is InChI=1S/C44H42F5N7O6.CH2O2/c45-43(46)55-35-10-13-50-22-33(35)30-6-4-25(19-37(30)55)26-18-34(44(47,48)49)39(51-21-26)54-23-29(24-54)62-27-11-15-53(16-12-27)14-2-1-3-17-61-28-5-7-31-32(20-28)42(60)56(41(31)59)36-8-9-38(57)52-40(36)58;2-1-3/h4-7,10,13,18-22,27,29,36,43H,1-3,8-9,11-12,14-17,23-24H2,(H,52,57,58);1H,(H,2,3). The Labute approximate surface area is 368 Å². The number of alkyl halides is 5. The van der Waals surface area contributed by atoms with Crippen molar-refractivity contribution in [2.45, 2.75) is 75.9 Å². The summed E-state index contributed by atoms with van der Waals surface area (Å²) in [6.07, 6.45) is 3.73. The van der Waals surface area contributed by atoms with Crippen molar-refractivity contribution in [2.24, 2.45) is 0 Å². The number of unbranched alkanes of at least 4 members (excludes halogenated alkanes) is 2. The summed E-state index contributed by atoms with van der Waals surface area (Å²) in [5.41, 5.74) is 0.435. The van der Waals surface area contributed by atoms with E-state index in [2.05, 4.69) is 20.2 Å². The van der Waals surface area contributed by atoms with Gasteiger partial charge in [0, 0.05) is 67.5 Å². The third-order valence-electron chi connectivity index (χ3n) is 12.2. The third kappa shape index (κ3) is 9.35. The zero-order valence-electron chi connectivity index (χ0n) is 34.8. The molecule has 342 valence electrons. The number of hydrogen-bond donors (Lipinski definition) is 2. The largest absolute Gasteiger partial charge is 0.494 e. The number of halogens is 5. The predicted molar refractivity (Wildman–Crippen MR) is 224 cm³/mol. The first kappa shape index (κ1) is 45.0. The molecule has 4 aliphatic rings. The van der Waals surface area contributed by atoms with Crippen molar-refractivity contribution in [1.82, 2.24) is 29.7 Å². The van der Waals surface area contributed by atoms with Crippen molar-refractivity contribution in [3.63, 3.8) is 0 Å². The van der Waals surface area contributed by atoms with Gasteiger partial charge in [0.25, 0.3) is 18.3 Å². The van der Waals surface area contributed by atoms with Gasteiger partial charge in [-0.3, -0.25) is 43.7 Å². The lowest BCUT2D eigenvalue weighted by molar-refractivity contribution is -0.138. The SMILES string of the molecule is O=C1CCC(N2C(=O)c3ccc(OCCCCCN4CCC(OC5CN(c6ncc(-c7ccc8c9cnccc9n(C(F)F)c8c7)cc6C(F)(F)F)C5)CC4)cc3C2=O)C(=O)N1.O=CO. The fraction of sp³-hybridized carbons (Fsp3) is 0.400. The number of carboxylic acid groups (broad SMARTS) is 1. The second-order valence-corrected chi connectivity index (χ2v) is 16.2. The summed E-state index contributed by atoms with van der Waals surface area (Å²) in [6, 6.07) is 10.8. The third-order valence-corrected chi connectivity index (χ3v) is 12.2. The maximum absolute atomic E-state index is 14.4. The van der Waals surface area contributed by atoms with E-state index >= 15 is 0 Å². The highest BCUT2D eigenvalue weighted by molar-refractivity contribution is 6.23. The molecular formula is C45H44F5N7O8. The Bertz CT molecular complexity index is 2630. The van der Waals surface area contributed by atoms with Gasteiger partial charge in [-0.1, -0.05) is 12.1 Å². The molecule has 0 aliphatic carbocycles. The van der Waals surface area contributed by atoms with Crippen LogP contribution in [0.15, 0.2) is 67.1 Å². The number of benzene rings is 2. The number of aromatic nitrogens is 3.